The summed E-state index contributed by atoms with van der Waals surface area (Å²) in [6.45, 7) is 5.48. The van der Waals surface area contributed by atoms with E-state index in [2.05, 4.69) is 22.1 Å². The van der Waals surface area contributed by atoms with Gasteiger partial charge < -0.3 is 10.1 Å². The number of amides is 1. The molecule has 1 aliphatic heterocycles. The second-order valence-electron chi connectivity index (χ2n) is 6.65. The molecule has 1 aliphatic carbocycles. The molecule has 1 atom stereocenters. The van der Waals surface area contributed by atoms with Gasteiger partial charge in [-0.1, -0.05) is 12.8 Å². The van der Waals surface area contributed by atoms with Gasteiger partial charge in [0.2, 0.25) is 0 Å². The first kappa shape index (κ1) is 16.9. The fourth-order valence-corrected chi connectivity index (χ4v) is 4.02. The van der Waals surface area contributed by atoms with Crippen LogP contribution in [0.15, 0.2) is 18.3 Å². The number of nitrogens with one attached hydrogen (secondary N) is 1. The number of carbonyl (C=O) groups is 1. The number of nitrogens with zero attached hydrogens (tertiary/aromatic N) is 3. The fourth-order valence-electron chi connectivity index (χ4n) is 4.02. The average molecular weight is 328 g/mol. The highest BCUT2D eigenvalue weighted by Gasteiger charge is 2.45. The van der Waals surface area contributed by atoms with Gasteiger partial charge in [0.1, 0.15) is 11.8 Å². The van der Waals surface area contributed by atoms with Gasteiger partial charge in [-0.15, -0.1) is 0 Å². The molecule has 0 aromatic carbocycles. The SMILES string of the molecule is C[C@H](NC(=O)c1ccc(C#N)cn1)C1(N2CCOCC2)CCCC1. The quantitative estimate of drug-likeness (QED) is 0.910. The molecule has 0 radical (unpaired) electrons. The molecule has 2 aliphatic rings. The third-order valence-electron chi connectivity index (χ3n) is 5.39. The number of hydrogen-bond donors (Lipinski definition) is 1. The summed E-state index contributed by atoms with van der Waals surface area (Å²) in [6.07, 6.45) is 6.05. The summed E-state index contributed by atoms with van der Waals surface area (Å²) in [5.41, 5.74) is 0.836. The maximum Gasteiger partial charge on any atom is 0.270 e. The molecule has 24 heavy (non-hydrogen) atoms. The van der Waals surface area contributed by atoms with Gasteiger partial charge in [0.15, 0.2) is 0 Å². The normalized spacial score (nSPS) is 21.8. The molecule has 1 saturated carbocycles. The van der Waals surface area contributed by atoms with Crippen LogP contribution in [0.1, 0.15) is 48.7 Å². The Morgan fingerprint density at radius 3 is 2.67 bits per heavy atom. The van der Waals surface area contributed by atoms with Crippen LogP contribution in [0.5, 0.6) is 0 Å². The van der Waals surface area contributed by atoms with Crippen LogP contribution in [0.25, 0.3) is 0 Å². The molecule has 6 heteroatoms. The van der Waals surface area contributed by atoms with Crippen molar-refractivity contribution in [1.29, 1.82) is 5.26 Å². The van der Waals surface area contributed by atoms with Gasteiger partial charge >= 0.3 is 0 Å². The molecular weight excluding hydrogens is 304 g/mol. The van der Waals surface area contributed by atoms with E-state index in [0.717, 1.165) is 39.1 Å². The van der Waals surface area contributed by atoms with Gasteiger partial charge in [-0.3, -0.25) is 9.69 Å². The predicted octanol–water partition coefficient (Wildman–Crippen LogP) is 1.72. The molecule has 0 spiro atoms. The van der Waals surface area contributed by atoms with Crippen LogP contribution in [0.3, 0.4) is 0 Å². The first-order valence-corrected chi connectivity index (χ1v) is 8.65. The zero-order valence-electron chi connectivity index (χ0n) is 14.1. The second-order valence-corrected chi connectivity index (χ2v) is 6.65. The molecule has 1 amide bonds. The summed E-state index contributed by atoms with van der Waals surface area (Å²) >= 11 is 0. The Bertz CT molecular complexity index is 611. The monoisotopic (exact) mass is 328 g/mol. The van der Waals surface area contributed by atoms with Crippen LogP contribution >= 0.6 is 0 Å². The van der Waals surface area contributed by atoms with Crippen LogP contribution < -0.4 is 5.32 Å². The van der Waals surface area contributed by atoms with E-state index in [0.29, 0.717) is 11.3 Å². The van der Waals surface area contributed by atoms with E-state index in [-0.39, 0.29) is 17.5 Å². The molecule has 1 saturated heterocycles. The Labute approximate surface area is 142 Å². The van der Waals surface area contributed by atoms with Crippen LogP contribution in [0, 0.1) is 11.3 Å². The number of rotatable bonds is 4. The van der Waals surface area contributed by atoms with Crippen molar-refractivity contribution in [3.05, 3.63) is 29.6 Å². The Morgan fingerprint density at radius 2 is 2.08 bits per heavy atom. The number of ether oxygens (including phenoxy) is 1. The number of hydrogen-bond acceptors (Lipinski definition) is 5. The molecule has 6 nitrogen and oxygen atoms in total. The van der Waals surface area contributed by atoms with Gasteiger partial charge in [-0.2, -0.15) is 5.26 Å². The molecule has 1 aromatic heterocycles. The second kappa shape index (κ2) is 7.29. The minimum absolute atomic E-state index is 0.0199. The third kappa shape index (κ3) is 3.28. The Morgan fingerprint density at radius 1 is 1.38 bits per heavy atom. The zero-order valence-corrected chi connectivity index (χ0v) is 14.1. The lowest BCUT2D eigenvalue weighted by Crippen LogP contribution is -2.62. The number of aromatic nitrogens is 1. The smallest absolute Gasteiger partial charge is 0.270 e. The van der Waals surface area contributed by atoms with Crippen LogP contribution in [0.4, 0.5) is 0 Å². The fraction of sp³-hybridized carbons (Fsp3) is 0.611. The summed E-state index contributed by atoms with van der Waals surface area (Å²) in [7, 11) is 0. The summed E-state index contributed by atoms with van der Waals surface area (Å²) in [5, 5.41) is 12.0. The molecule has 2 fully saturated rings. The van der Waals surface area contributed by atoms with E-state index in [1.165, 1.54) is 19.0 Å². The number of pyridine rings is 1. The number of nitriles is 1. The highest BCUT2D eigenvalue weighted by Crippen LogP contribution is 2.38. The molecule has 128 valence electrons. The van der Waals surface area contributed by atoms with Gasteiger partial charge in [0.05, 0.1) is 18.8 Å². The first-order valence-electron chi connectivity index (χ1n) is 8.65. The van der Waals surface area contributed by atoms with Crippen LogP contribution in [-0.4, -0.2) is 53.7 Å². The number of morpholine rings is 1. The minimum Gasteiger partial charge on any atom is -0.379 e. The molecule has 1 aromatic rings. The highest BCUT2D eigenvalue weighted by molar-refractivity contribution is 5.92. The van der Waals surface area contributed by atoms with Crippen molar-refractivity contribution < 1.29 is 9.53 Å². The predicted molar refractivity (Wildman–Crippen MR) is 89.5 cm³/mol. The van der Waals surface area contributed by atoms with Crippen LogP contribution in [0.2, 0.25) is 0 Å². The topological polar surface area (TPSA) is 78.2 Å². The third-order valence-corrected chi connectivity index (χ3v) is 5.39. The lowest BCUT2D eigenvalue weighted by Gasteiger charge is -2.47. The number of carbonyl (C=O) groups excluding carboxylic acids is 1. The van der Waals surface area contributed by atoms with Crippen molar-refractivity contribution in [3.8, 4) is 6.07 Å². The van der Waals surface area contributed by atoms with Gasteiger partial charge in [-0.05, 0) is 31.9 Å². The van der Waals surface area contributed by atoms with E-state index < -0.39 is 0 Å². The summed E-state index contributed by atoms with van der Waals surface area (Å²) in [6, 6.07) is 5.29. The van der Waals surface area contributed by atoms with Crippen molar-refractivity contribution in [2.45, 2.75) is 44.2 Å². The zero-order chi connectivity index (χ0) is 17.0. The Balaban J connectivity index is 1.72. The maximum absolute atomic E-state index is 12.5. The Kier molecular flexibility index (Phi) is 5.12. The summed E-state index contributed by atoms with van der Waals surface area (Å²) in [5.74, 6) is -0.175. The average Bonchev–Trinajstić information content (AvgIpc) is 3.13. The largest absolute Gasteiger partial charge is 0.379 e. The lowest BCUT2D eigenvalue weighted by molar-refractivity contribution is -0.0323. The molecule has 2 heterocycles. The standard InChI is InChI=1S/C18H24N4O2/c1-14(21-17(23)16-5-4-15(12-19)13-20-16)18(6-2-3-7-18)22-8-10-24-11-9-22/h4-5,13-14H,2-3,6-11H2,1H3,(H,21,23)/t14-/m0/s1. The molecule has 3 rings (SSSR count). The maximum atomic E-state index is 12.5. The van der Waals surface area contributed by atoms with Gasteiger partial charge in [-0.25, -0.2) is 4.98 Å². The van der Waals surface area contributed by atoms with Crippen LogP contribution in [-0.2, 0) is 4.74 Å². The minimum atomic E-state index is -0.175. The van der Waals surface area contributed by atoms with Crippen molar-refractivity contribution in [3.63, 3.8) is 0 Å². The summed E-state index contributed by atoms with van der Waals surface area (Å²) < 4.78 is 5.49. The molecule has 1 N–H and O–H groups in total. The lowest BCUT2D eigenvalue weighted by atomic mass is 9.86. The van der Waals surface area contributed by atoms with E-state index in [1.807, 2.05) is 6.07 Å². The van der Waals surface area contributed by atoms with Crippen molar-refractivity contribution in [2.24, 2.45) is 0 Å². The van der Waals surface area contributed by atoms with E-state index in [9.17, 15) is 4.79 Å². The van der Waals surface area contributed by atoms with E-state index >= 15 is 0 Å². The van der Waals surface area contributed by atoms with Gasteiger partial charge in [0, 0.05) is 30.9 Å². The first-order chi connectivity index (χ1) is 11.7. The van der Waals surface area contributed by atoms with Crippen molar-refractivity contribution in [2.75, 3.05) is 26.3 Å². The summed E-state index contributed by atoms with van der Waals surface area (Å²) in [4.78, 5) is 19.1. The van der Waals surface area contributed by atoms with Gasteiger partial charge in [0.25, 0.3) is 5.91 Å². The molecule has 0 bridgehead atoms. The van der Waals surface area contributed by atoms with E-state index in [1.54, 1.807) is 12.1 Å². The van der Waals surface area contributed by atoms with E-state index in [4.69, 9.17) is 10.00 Å². The molecular formula is C18H24N4O2. The highest BCUT2D eigenvalue weighted by atomic mass is 16.5. The van der Waals surface area contributed by atoms with Crippen molar-refractivity contribution >= 4 is 5.91 Å². The molecule has 0 unspecified atom stereocenters. The van der Waals surface area contributed by atoms with Crippen molar-refractivity contribution in [1.82, 2.24) is 15.2 Å². The Hall–Kier alpha value is -1.97.